The fraction of sp³-hybridized carbons (Fsp3) is 0.200. The largest absolute Gasteiger partial charge is 0.478 e. The van der Waals surface area contributed by atoms with Crippen molar-refractivity contribution in [2.24, 2.45) is 0 Å². The fourth-order valence-electron chi connectivity index (χ4n) is 1.94. The van der Waals surface area contributed by atoms with E-state index in [1.807, 2.05) is 32.0 Å². The van der Waals surface area contributed by atoms with Crippen LogP contribution in [0.3, 0.4) is 0 Å². The van der Waals surface area contributed by atoms with Gasteiger partial charge in [0.15, 0.2) is 0 Å². The number of nitrogens with zero attached hydrogens (tertiary/aromatic N) is 1. The maximum atomic E-state index is 11.8. The van der Waals surface area contributed by atoms with Crippen LogP contribution in [0.25, 0.3) is 0 Å². The van der Waals surface area contributed by atoms with Crippen molar-refractivity contribution in [1.29, 1.82) is 0 Å². The van der Waals surface area contributed by atoms with Crippen LogP contribution in [0.2, 0.25) is 0 Å². The highest BCUT2D eigenvalue weighted by atomic mass is 16.4. The summed E-state index contributed by atoms with van der Waals surface area (Å²) in [6, 6.07) is 8.63. The van der Waals surface area contributed by atoms with E-state index in [0.717, 1.165) is 16.7 Å². The molecule has 4 heteroatoms. The van der Waals surface area contributed by atoms with Crippen LogP contribution in [0.15, 0.2) is 41.3 Å². The van der Waals surface area contributed by atoms with Crippen molar-refractivity contribution in [2.75, 3.05) is 0 Å². The molecule has 0 unspecified atom stereocenters. The van der Waals surface area contributed by atoms with Gasteiger partial charge in [0.25, 0.3) is 5.56 Å². The normalized spacial score (nSPS) is 10.4. The Hall–Kier alpha value is -2.36. The summed E-state index contributed by atoms with van der Waals surface area (Å²) >= 11 is 0. The number of hydrogen-bond donors (Lipinski definition) is 1. The first-order valence-electron chi connectivity index (χ1n) is 5.97. The number of rotatable bonds is 3. The second-order valence-electron chi connectivity index (χ2n) is 4.62. The van der Waals surface area contributed by atoms with Gasteiger partial charge in [0.05, 0.1) is 12.1 Å². The number of aromatic nitrogens is 1. The molecule has 2 aromatic rings. The van der Waals surface area contributed by atoms with Gasteiger partial charge in [0.2, 0.25) is 0 Å². The van der Waals surface area contributed by atoms with Gasteiger partial charge in [-0.2, -0.15) is 0 Å². The number of carboxylic acid groups (broad SMARTS) is 1. The summed E-state index contributed by atoms with van der Waals surface area (Å²) in [6.07, 6.45) is 1.38. The molecule has 0 spiro atoms. The Kier molecular flexibility index (Phi) is 3.51. The smallest absolute Gasteiger partial charge is 0.337 e. The predicted octanol–water partition coefficient (Wildman–Crippen LogP) is 2.21. The highest BCUT2D eigenvalue weighted by molar-refractivity contribution is 5.87. The zero-order valence-electron chi connectivity index (χ0n) is 10.9. The van der Waals surface area contributed by atoms with Gasteiger partial charge in [0, 0.05) is 12.3 Å². The van der Waals surface area contributed by atoms with Gasteiger partial charge in [-0.1, -0.05) is 23.8 Å². The summed E-state index contributed by atoms with van der Waals surface area (Å²) in [5.74, 6) is -1.03. The third-order valence-electron chi connectivity index (χ3n) is 3.08. The molecule has 0 bridgehead atoms. The number of hydrogen-bond acceptors (Lipinski definition) is 2. The van der Waals surface area contributed by atoms with E-state index >= 15 is 0 Å². The van der Waals surface area contributed by atoms with E-state index in [2.05, 4.69) is 0 Å². The van der Waals surface area contributed by atoms with E-state index in [0.29, 0.717) is 6.54 Å². The van der Waals surface area contributed by atoms with Crippen molar-refractivity contribution in [3.8, 4) is 0 Å². The van der Waals surface area contributed by atoms with Crippen LogP contribution in [-0.4, -0.2) is 15.6 Å². The minimum atomic E-state index is -1.03. The summed E-state index contributed by atoms with van der Waals surface area (Å²) in [7, 11) is 0. The SMILES string of the molecule is Cc1ccc(C)c(Cn2cc(C(=O)O)ccc2=O)c1. The number of carboxylic acids is 1. The maximum Gasteiger partial charge on any atom is 0.337 e. The lowest BCUT2D eigenvalue weighted by Gasteiger charge is -2.10. The van der Waals surface area contributed by atoms with Gasteiger partial charge in [0.1, 0.15) is 0 Å². The average molecular weight is 257 g/mol. The minimum Gasteiger partial charge on any atom is -0.478 e. The average Bonchev–Trinajstić information content (AvgIpc) is 2.36. The van der Waals surface area contributed by atoms with Crippen LogP contribution in [0.1, 0.15) is 27.0 Å². The first kappa shape index (κ1) is 13.1. The van der Waals surface area contributed by atoms with Gasteiger partial charge in [-0.3, -0.25) is 4.79 Å². The van der Waals surface area contributed by atoms with Gasteiger partial charge in [-0.05, 0) is 31.0 Å². The number of pyridine rings is 1. The molecule has 0 aliphatic heterocycles. The molecule has 98 valence electrons. The summed E-state index contributed by atoms with van der Waals surface area (Å²) in [6.45, 7) is 4.34. The third-order valence-corrected chi connectivity index (χ3v) is 3.08. The lowest BCUT2D eigenvalue weighted by molar-refractivity contribution is 0.0696. The molecular formula is C15H15NO3. The molecular weight excluding hydrogens is 242 g/mol. The zero-order chi connectivity index (χ0) is 14.0. The van der Waals surface area contributed by atoms with Crippen molar-refractivity contribution >= 4 is 5.97 Å². The van der Waals surface area contributed by atoms with E-state index in [-0.39, 0.29) is 11.1 Å². The molecule has 0 saturated carbocycles. The summed E-state index contributed by atoms with van der Waals surface area (Å²) in [5, 5.41) is 8.95. The molecule has 19 heavy (non-hydrogen) atoms. The molecule has 1 heterocycles. The van der Waals surface area contributed by atoms with E-state index in [1.54, 1.807) is 0 Å². The van der Waals surface area contributed by atoms with Gasteiger partial charge < -0.3 is 9.67 Å². The van der Waals surface area contributed by atoms with Crippen LogP contribution >= 0.6 is 0 Å². The molecule has 2 rings (SSSR count). The lowest BCUT2D eigenvalue weighted by atomic mass is 10.1. The fourth-order valence-corrected chi connectivity index (χ4v) is 1.94. The molecule has 4 nitrogen and oxygen atoms in total. The second-order valence-corrected chi connectivity index (χ2v) is 4.62. The highest BCUT2D eigenvalue weighted by Gasteiger charge is 2.07. The topological polar surface area (TPSA) is 59.3 Å². The van der Waals surface area contributed by atoms with Crippen LogP contribution in [0, 0.1) is 13.8 Å². The molecule has 0 amide bonds. The summed E-state index contributed by atoms with van der Waals surface area (Å²) in [5.41, 5.74) is 3.13. The standard InChI is InChI=1S/C15H15NO3/c1-10-3-4-11(2)13(7-10)9-16-8-12(15(18)19)5-6-14(16)17/h3-8H,9H2,1-2H3,(H,18,19). The van der Waals surface area contributed by atoms with E-state index in [4.69, 9.17) is 5.11 Å². The number of carbonyl (C=O) groups is 1. The van der Waals surface area contributed by atoms with Crippen LogP contribution < -0.4 is 5.56 Å². The molecule has 0 radical (unpaired) electrons. The van der Waals surface area contributed by atoms with E-state index < -0.39 is 5.97 Å². The van der Waals surface area contributed by atoms with E-state index in [9.17, 15) is 9.59 Å². The minimum absolute atomic E-state index is 0.116. The van der Waals surface area contributed by atoms with Crippen LogP contribution in [-0.2, 0) is 6.54 Å². The maximum absolute atomic E-state index is 11.8. The molecule has 0 aliphatic carbocycles. The van der Waals surface area contributed by atoms with Gasteiger partial charge >= 0.3 is 5.97 Å². The Bertz CT molecular complexity index is 686. The Morgan fingerprint density at radius 3 is 2.63 bits per heavy atom. The predicted molar refractivity (Wildman–Crippen MR) is 72.7 cm³/mol. The Balaban J connectivity index is 2.43. The quantitative estimate of drug-likeness (QED) is 0.917. The summed E-state index contributed by atoms with van der Waals surface area (Å²) in [4.78, 5) is 22.7. The first-order valence-corrected chi connectivity index (χ1v) is 5.97. The highest BCUT2D eigenvalue weighted by Crippen LogP contribution is 2.12. The third kappa shape index (κ3) is 2.91. The number of aromatic carboxylic acids is 1. The zero-order valence-corrected chi connectivity index (χ0v) is 10.9. The second kappa shape index (κ2) is 5.10. The summed E-state index contributed by atoms with van der Waals surface area (Å²) < 4.78 is 1.42. The van der Waals surface area contributed by atoms with Crippen molar-refractivity contribution in [1.82, 2.24) is 4.57 Å². The molecule has 1 aromatic carbocycles. The molecule has 0 atom stereocenters. The monoisotopic (exact) mass is 257 g/mol. The Morgan fingerprint density at radius 2 is 1.95 bits per heavy atom. The molecule has 0 aliphatic rings. The lowest BCUT2D eigenvalue weighted by Crippen LogP contribution is -2.21. The molecule has 1 N–H and O–H groups in total. The molecule has 0 saturated heterocycles. The van der Waals surface area contributed by atoms with Crippen molar-refractivity contribution in [3.05, 3.63) is 69.1 Å². The van der Waals surface area contributed by atoms with Gasteiger partial charge in [-0.25, -0.2) is 4.79 Å². The van der Waals surface area contributed by atoms with Crippen molar-refractivity contribution < 1.29 is 9.90 Å². The van der Waals surface area contributed by atoms with E-state index in [1.165, 1.54) is 22.9 Å². The Labute approximate surface area is 110 Å². The first-order chi connectivity index (χ1) is 8.97. The molecule has 0 fully saturated rings. The molecule has 1 aromatic heterocycles. The van der Waals surface area contributed by atoms with Crippen molar-refractivity contribution in [2.45, 2.75) is 20.4 Å². The Morgan fingerprint density at radius 1 is 1.21 bits per heavy atom. The number of benzene rings is 1. The van der Waals surface area contributed by atoms with Crippen molar-refractivity contribution in [3.63, 3.8) is 0 Å². The number of aryl methyl sites for hydroxylation is 2. The van der Waals surface area contributed by atoms with Gasteiger partial charge in [-0.15, -0.1) is 0 Å². The van der Waals surface area contributed by atoms with Crippen LogP contribution in [0.4, 0.5) is 0 Å². The van der Waals surface area contributed by atoms with Crippen LogP contribution in [0.5, 0.6) is 0 Å².